The van der Waals surface area contributed by atoms with Crippen molar-refractivity contribution in [2.75, 3.05) is 37.6 Å². The van der Waals surface area contributed by atoms with Gasteiger partial charge in [0.1, 0.15) is 11.9 Å². The number of aromatic nitrogens is 1. The highest BCUT2D eigenvalue weighted by molar-refractivity contribution is 5.93. The highest BCUT2D eigenvalue weighted by atomic mass is 16.5. The van der Waals surface area contributed by atoms with Crippen LogP contribution in [0.2, 0.25) is 0 Å². The Labute approximate surface area is 189 Å². The maximum atomic E-state index is 12.1. The van der Waals surface area contributed by atoms with Gasteiger partial charge in [-0.05, 0) is 48.9 Å². The summed E-state index contributed by atoms with van der Waals surface area (Å²) in [5.41, 5.74) is 3.19. The van der Waals surface area contributed by atoms with E-state index >= 15 is 0 Å². The highest BCUT2D eigenvalue weighted by Crippen LogP contribution is 2.18. The Hall–Kier alpha value is -3.38. The summed E-state index contributed by atoms with van der Waals surface area (Å²) < 4.78 is 5.96. The second-order valence-electron chi connectivity index (χ2n) is 8.12. The topological polar surface area (TPSA) is 57.7 Å². The summed E-state index contributed by atoms with van der Waals surface area (Å²) >= 11 is 0. The number of amides is 1. The van der Waals surface area contributed by atoms with Gasteiger partial charge < -0.3 is 15.0 Å². The maximum absolute atomic E-state index is 12.1. The van der Waals surface area contributed by atoms with Crippen molar-refractivity contribution in [2.45, 2.75) is 19.6 Å². The summed E-state index contributed by atoms with van der Waals surface area (Å²) in [5.74, 6) is 0.693. The molecule has 1 aliphatic rings. The Balaban J connectivity index is 1.20. The highest BCUT2D eigenvalue weighted by Gasteiger charge is 2.17. The molecule has 1 N–H and O–H groups in total. The number of hydrogen-bond donors (Lipinski definition) is 1. The van der Waals surface area contributed by atoms with Crippen molar-refractivity contribution in [3.8, 4) is 5.75 Å². The Morgan fingerprint density at radius 3 is 2.34 bits per heavy atom. The number of anilines is 1. The number of carbonyl (C=O) groups is 1. The molecule has 2 heterocycles. The van der Waals surface area contributed by atoms with Gasteiger partial charge in [-0.2, -0.15) is 0 Å². The molecule has 6 nitrogen and oxygen atoms in total. The summed E-state index contributed by atoms with van der Waals surface area (Å²) in [5, 5.41) is 2.90. The third kappa shape index (κ3) is 6.08. The standard InChI is InChI=1S/C26H30N4O2/c1-21(19-28-26(31)23-11-13-27-14-12-23)32-25-9-7-22(8-10-25)20-29-15-17-30(18-16-29)24-5-3-2-4-6-24/h2-14,21H,15-20H2,1H3,(H,28,31)/t21-/m0/s1. The van der Waals surface area contributed by atoms with Crippen LogP contribution in [0.1, 0.15) is 22.8 Å². The minimum atomic E-state index is -0.127. The summed E-state index contributed by atoms with van der Waals surface area (Å²) in [6.07, 6.45) is 3.09. The molecule has 0 saturated carbocycles. The molecular formula is C26H30N4O2. The number of nitrogens with zero attached hydrogens (tertiary/aromatic N) is 3. The molecule has 1 saturated heterocycles. The van der Waals surface area contributed by atoms with Crippen molar-refractivity contribution in [3.63, 3.8) is 0 Å². The zero-order chi connectivity index (χ0) is 22.2. The third-order valence-electron chi connectivity index (χ3n) is 5.65. The van der Waals surface area contributed by atoms with E-state index in [1.165, 1.54) is 11.3 Å². The fraction of sp³-hybridized carbons (Fsp3) is 0.308. The maximum Gasteiger partial charge on any atom is 0.251 e. The first-order chi connectivity index (χ1) is 15.7. The van der Waals surface area contributed by atoms with Crippen molar-refractivity contribution in [1.29, 1.82) is 0 Å². The smallest absolute Gasteiger partial charge is 0.251 e. The van der Waals surface area contributed by atoms with Gasteiger partial charge in [-0.15, -0.1) is 0 Å². The quantitative estimate of drug-likeness (QED) is 0.592. The van der Waals surface area contributed by atoms with Crippen molar-refractivity contribution in [1.82, 2.24) is 15.2 Å². The lowest BCUT2D eigenvalue weighted by molar-refractivity contribution is 0.0932. The molecular weight excluding hydrogens is 400 g/mol. The van der Waals surface area contributed by atoms with Gasteiger partial charge in [0, 0.05) is 56.4 Å². The lowest BCUT2D eigenvalue weighted by atomic mass is 10.2. The van der Waals surface area contributed by atoms with Crippen LogP contribution in [0.3, 0.4) is 0 Å². The van der Waals surface area contributed by atoms with Gasteiger partial charge in [-0.3, -0.25) is 14.7 Å². The van der Waals surface area contributed by atoms with Crippen LogP contribution in [-0.4, -0.2) is 54.6 Å². The fourth-order valence-electron chi connectivity index (χ4n) is 3.85. The lowest BCUT2D eigenvalue weighted by Gasteiger charge is -2.36. The van der Waals surface area contributed by atoms with E-state index in [1.54, 1.807) is 24.5 Å². The molecule has 0 radical (unpaired) electrons. The number of nitrogens with one attached hydrogen (secondary N) is 1. The molecule has 0 unspecified atom stereocenters. The average Bonchev–Trinajstić information content (AvgIpc) is 2.85. The van der Waals surface area contributed by atoms with Gasteiger partial charge in [0.15, 0.2) is 0 Å². The predicted molar refractivity (Wildman–Crippen MR) is 127 cm³/mol. The van der Waals surface area contributed by atoms with Crippen LogP contribution in [-0.2, 0) is 6.54 Å². The number of piperazine rings is 1. The second-order valence-corrected chi connectivity index (χ2v) is 8.12. The van der Waals surface area contributed by atoms with Crippen molar-refractivity contribution in [2.24, 2.45) is 0 Å². The van der Waals surface area contributed by atoms with Gasteiger partial charge in [0.2, 0.25) is 0 Å². The van der Waals surface area contributed by atoms with Gasteiger partial charge in [-0.25, -0.2) is 0 Å². The van der Waals surface area contributed by atoms with E-state index < -0.39 is 0 Å². The lowest BCUT2D eigenvalue weighted by Crippen LogP contribution is -2.45. The molecule has 6 heteroatoms. The Kier molecular flexibility index (Phi) is 7.35. The zero-order valence-electron chi connectivity index (χ0n) is 18.5. The SMILES string of the molecule is C[C@@H](CNC(=O)c1ccncc1)Oc1ccc(CN2CCN(c3ccccc3)CC2)cc1. The molecule has 4 rings (SSSR count). The van der Waals surface area contributed by atoms with Crippen molar-refractivity contribution < 1.29 is 9.53 Å². The largest absolute Gasteiger partial charge is 0.489 e. The first-order valence-electron chi connectivity index (χ1n) is 11.1. The summed E-state index contributed by atoms with van der Waals surface area (Å²) in [6.45, 7) is 7.55. The number of para-hydroxylation sites is 1. The van der Waals surface area contributed by atoms with Crippen LogP contribution < -0.4 is 15.0 Å². The van der Waals surface area contributed by atoms with E-state index in [2.05, 4.69) is 62.6 Å². The van der Waals surface area contributed by atoms with Gasteiger partial charge in [0.25, 0.3) is 5.91 Å². The molecule has 1 aromatic heterocycles. The normalized spacial score (nSPS) is 15.2. The second kappa shape index (κ2) is 10.8. The van der Waals surface area contributed by atoms with Crippen LogP contribution in [0.15, 0.2) is 79.1 Å². The summed E-state index contributed by atoms with van der Waals surface area (Å²) in [6, 6.07) is 22.3. The van der Waals surface area contributed by atoms with Gasteiger partial charge in [0.05, 0.1) is 6.54 Å². The minimum absolute atomic E-state index is 0.120. The predicted octanol–water partition coefficient (Wildman–Crippen LogP) is 3.60. The monoisotopic (exact) mass is 430 g/mol. The van der Waals surface area contributed by atoms with Gasteiger partial charge >= 0.3 is 0 Å². The molecule has 1 fully saturated rings. The first kappa shape index (κ1) is 21.8. The third-order valence-corrected chi connectivity index (χ3v) is 5.65. The van der Waals surface area contributed by atoms with Gasteiger partial charge in [-0.1, -0.05) is 30.3 Å². The minimum Gasteiger partial charge on any atom is -0.489 e. The van der Waals surface area contributed by atoms with Crippen LogP contribution in [0.25, 0.3) is 0 Å². The fourth-order valence-corrected chi connectivity index (χ4v) is 3.85. The first-order valence-corrected chi connectivity index (χ1v) is 11.1. The van der Waals surface area contributed by atoms with Crippen LogP contribution in [0.4, 0.5) is 5.69 Å². The van der Waals surface area contributed by atoms with E-state index in [1.807, 2.05) is 19.1 Å². The Bertz CT molecular complexity index is 972. The van der Waals surface area contributed by atoms with E-state index in [4.69, 9.17) is 4.74 Å². The van der Waals surface area contributed by atoms with E-state index in [0.717, 1.165) is 38.5 Å². The number of benzene rings is 2. The molecule has 1 amide bonds. The Morgan fingerprint density at radius 2 is 1.66 bits per heavy atom. The molecule has 0 bridgehead atoms. The summed E-state index contributed by atoms with van der Waals surface area (Å²) in [7, 11) is 0. The number of pyridine rings is 1. The van der Waals surface area contributed by atoms with Crippen LogP contribution >= 0.6 is 0 Å². The number of carbonyl (C=O) groups excluding carboxylic acids is 1. The van der Waals surface area contributed by atoms with Crippen LogP contribution in [0, 0.1) is 0 Å². The number of ether oxygens (including phenoxy) is 1. The number of hydrogen-bond acceptors (Lipinski definition) is 5. The average molecular weight is 431 g/mol. The van der Waals surface area contributed by atoms with E-state index in [0.29, 0.717) is 12.1 Å². The van der Waals surface area contributed by atoms with Crippen LogP contribution in [0.5, 0.6) is 5.75 Å². The van der Waals surface area contributed by atoms with Crippen molar-refractivity contribution in [3.05, 3.63) is 90.3 Å². The Morgan fingerprint density at radius 1 is 0.969 bits per heavy atom. The summed E-state index contributed by atoms with van der Waals surface area (Å²) in [4.78, 5) is 21.0. The molecule has 32 heavy (non-hydrogen) atoms. The molecule has 0 spiro atoms. The molecule has 1 atom stereocenters. The molecule has 166 valence electrons. The number of rotatable bonds is 8. The van der Waals surface area contributed by atoms with E-state index in [-0.39, 0.29) is 12.0 Å². The molecule has 3 aromatic rings. The molecule has 1 aliphatic heterocycles. The van der Waals surface area contributed by atoms with E-state index in [9.17, 15) is 4.79 Å². The molecule has 0 aliphatic carbocycles. The zero-order valence-corrected chi connectivity index (χ0v) is 18.5. The molecule has 2 aromatic carbocycles. The van der Waals surface area contributed by atoms with Crippen molar-refractivity contribution >= 4 is 11.6 Å².